The highest BCUT2D eigenvalue weighted by molar-refractivity contribution is 6.31. The quantitative estimate of drug-likeness (QED) is 0.803. The van der Waals surface area contributed by atoms with Crippen molar-refractivity contribution in [2.45, 2.75) is 33.0 Å². The van der Waals surface area contributed by atoms with E-state index in [4.69, 9.17) is 21.1 Å². The topological polar surface area (TPSA) is 30.5 Å². The Bertz CT molecular complexity index is 644. The van der Waals surface area contributed by atoms with E-state index in [9.17, 15) is 4.39 Å². The fraction of sp³-hybridized carbons (Fsp3) is 0.333. The van der Waals surface area contributed by atoms with Crippen LogP contribution in [-0.2, 0) is 13.1 Å². The Morgan fingerprint density at radius 1 is 1.09 bits per heavy atom. The summed E-state index contributed by atoms with van der Waals surface area (Å²) in [5.74, 6) is 1.05. The zero-order valence-electron chi connectivity index (χ0n) is 13.5. The molecule has 1 N–H and O–H groups in total. The van der Waals surface area contributed by atoms with Gasteiger partial charge in [0.15, 0.2) is 11.5 Å². The van der Waals surface area contributed by atoms with E-state index >= 15 is 0 Å². The Morgan fingerprint density at radius 3 is 2.39 bits per heavy atom. The highest BCUT2D eigenvalue weighted by atomic mass is 35.5. The van der Waals surface area contributed by atoms with Gasteiger partial charge in [0.05, 0.1) is 13.2 Å². The number of halogens is 2. The van der Waals surface area contributed by atoms with Gasteiger partial charge in [-0.2, -0.15) is 0 Å². The van der Waals surface area contributed by atoms with Crippen molar-refractivity contribution in [3.05, 3.63) is 58.4 Å². The van der Waals surface area contributed by atoms with E-state index in [2.05, 4.69) is 5.32 Å². The van der Waals surface area contributed by atoms with E-state index in [1.807, 2.05) is 19.9 Å². The lowest BCUT2D eigenvalue weighted by molar-refractivity contribution is 0.230. The van der Waals surface area contributed by atoms with Crippen LogP contribution in [0.4, 0.5) is 4.39 Å². The van der Waals surface area contributed by atoms with Crippen molar-refractivity contribution in [3.63, 3.8) is 0 Å². The molecular weight excluding hydrogens is 317 g/mol. The van der Waals surface area contributed by atoms with E-state index in [0.717, 1.165) is 11.1 Å². The summed E-state index contributed by atoms with van der Waals surface area (Å²) < 4.78 is 23.9. The van der Waals surface area contributed by atoms with Gasteiger partial charge in [-0.1, -0.05) is 23.7 Å². The van der Waals surface area contributed by atoms with E-state index in [1.54, 1.807) is 25.3 Å². The smallest absolute Gasteiger partial charge is 0.163 e. The minimum absolute atomic E-state index is 0.0439. The first kappa shape index (κ1) is 17.6. The SMILES string of the molecule is COc1cc(CNCc2ccc(F)cc2)c(Cl)cc1OC(C)C. The molecule has 0 unspecified atom stereocenters. The molecule has 2 rings (SSSR count). The van der Waals surface area contributed by atoms with Crippen molar-refractivity contribution in [2.75, 3.05) is 7.11 Å². The molecule has 0 spiro atoms. The number of methoxy groups -OCH3 is 1. The second-order valence-corrected chi connectivity index (χ2v) is 5.90. The predicted octanol–water partition coefficient (Wildman–Crippen LogP) is 4.56. The summed E-state index contributed by atoms with van der Waals surface area (Å²) in [7, 11) is 1.60. The van der Waals surface area contributed by atoms with Crippen molar-refractivity contribution >= 4 is 11.6 Å². The first-order chi connectivity index (χ1) is 11.0. The molecule has 3 nitrogen and oxygen atoms in total. The maximum absolute atomic E-state index is 12.9. The third-order valence-electron chi connectivity index (χ3n) is 3.25. The predicted molar refractivity (Wildman–Crippen MR) is 90.7 cm³/mol. The van der Waals surface area contributed by atoms with Gasteiger partial charge < -0.3 is 14.8 Å². The van der Waals surface area contributed by atoms with Crippen molar-refractivity contribution in [1.29, 1.82) is 0 Å². The molecule has 0 aliphatic heterocycles. The second kappa shape index (κ2) is 8.18. The zero-order valence-corrected chi connectivity index (χ0v) is 14.3. The van der Waals surface area contributed by atoms with Gasteiger partial charge in [-0.25, -0.2) is 4.39 Å². The van der Waals surface area contributed by atoms with Crippen LogP contribution >= 0.6 is 11.6 Å². The average molecular weight is 338 g/mol. The first-order valence-electron chi connectivity index (χ1n) is 7.48. The summed E-state index contributed by atoms with van der Waals surface area (Å²) in [6.07, 6.45) is 0.0439. The van der Waals surface area contributed by atoms with Crippen LogP contribution in [0.3, 0.4) is 0 Å². The summed E-state index contributed by atoms with van der Waals surface area (Å²) in [6, 6.07) is 10.1. The molecule has 0 aliphatic rings. The Labute approximate surface area is 141 Å². The fourth-order valence-electron chi connectivity index (χ4n) is 2.16. The number of benzene rings is 2. The molecule has 0 fully saturated rings. The lowest BCUT2D eigenvalue weighted by atomic mass is 10.1. The van der Waals surface area contributed by atoms with Gasteiger partial charge >= 0.3 is 0 Å². The molecule has 0 heterocycles. The maximum atomic E-state index is 12.9. The Kier molecular flexibility index (Phi) is 6.25. The lowest BCUT2D eigenvalue weighted by Crippen LogP contribution is -2.13. The number of rotatable bonds is 7. The van der Waals surface area contributed by atoms with E-state index in [-0.39, 0.29) is 11.9 Å². The van der Waals surface area contributed by atoms with Gasteiger partial charge in [0.25, 0.3) is 0 Å². The third-order valence-corrected chi connectivity index (χ3v) is 3.61. The minimum Gasteiger partial charge on any atom is -0.493 e. The molecular formula is C18H21ClFNO2. The number of nitrogens with one attached hydrogen (secondary N) is 1. The van der Waals surface area contributed by atoms with Crippen LogP contribution in [0.15, 0.2) is 36.4 Å². The van der Waals surface area contributed by atoms with Gasteiger partial charge in [0, 0.05) is 24.2 Å². The summed E-state index contributed by atoms with van der Waals surface area (Å²) >= 11 is 6.32. The monoisotopic (exact) mass is 337 g/mol. The highest BCUT2D eigenvalue weighted by Gasteiger charge is 2.11. The summed E-state index contributed by atoms with van der Waals surface area (Å²) in [5.41, 5.74) is 1.93. The number of hydrogen-bond donors (Lipinski definition) is 1. The largest absolute Gasteiger partial charge is 0.493 e. The Morgan fingerprint density at radius 2 is 1.78 bits per heavy atom. The molecule has 0 aliphatic carbocycles. The fourth-order valence-corrected chi connectivity index (χ4v) is 2.38. The molecule has 0 aromatic heterocycles. The Hall–Kier alpha value is -1.78. The van der Waals surface area contributed by atoms with E-state index < -0.39 is 0 Å². The van der Waals surface area contributed by atoms with Gasteiger partial charge in [0.1, 0.15) is 5.82 Å². The van der Waals surface area contributed by atoms with E-state index in [1.165, 1.54) is 12.1 Å². The lowest BCUT2D eigenvalue weighted by Gasteiger charge is -2.16. The molecule has 0 amide bonds. The van der Waals surface area contributed by atoms with Crippen LogP contribution in [-0.4, -0.2) is 13.2 Å². The number of hydrogen-bond acceptors (Lipinski definition) is 3. The van der Waals surface area contributed by atoms with Crippen LogP contribution in [0.5, 0.6) is 11.5 Å². The average Bonchev–Trinajstić information content (AvgIpc) is 2.50. The van der Waals surface area contributed by atoms with Gasteiger partial charge in [0.2, 0.25) is 0 Å². The molecule has 124 valence electrons. The molecule has 2 aromatic carbocycles. The van der Waals surface area contributed by atoms with Crippen LogP contribution in [0.25, 0.3) is 0 Å². The molecule has 0 bridgehead atoms. The summed E-state index contributed by atoms with van der Waals surface area (Å²) in [4.78, 5) is 0. The van der Waals surface area contributed by atoms with Crippen LogP contribution in [0.1, 0.15) is 25.0 Å². The summed E-state index contributed by atoms with van der Waals surface area (Å²) in [6.45, 7) is 5.11. The van der Waals surface area contributed by atoms with Gasteiger partial charge in [-0.15, -0.1) is 0 Å². The molecule has 0 radical (unpaired) electrons. The second-order valence-electron chi connectivity index (χ2n) is 5.49. The van der Waals surface area contributed by atoms with Gasteiger partial charge in [-0.05, 0) is 43.2 Å². The molecule has 0 atom stereocenters. The van der Waals surface area contributed by atoms with Crippen LogP contribution in [0.2, 0.25) is 5.02 Å². The zero-order chi connectivity index (χ0) is 16.8. The number of ether oxygens (including phenoxy) is 2. The minimum atomic E-state index is -0.234. The standard InChI is InChI=1S/C18H21ClFNO2/c1-12(2)23-18-9-16(19)14(8-17(18)22-3)11-21-10-13-4-6-15(20)7-5-13/h4-9,12,21H,10-11H2,1-3H3. The highest BCUT2D eigenvalue weighted by Crippen LogP contribution is 2.34. The first-order valence-corrected chi connectivity index (χ1v) is 7.85. The Balaban J connectivity index is 2.03. The van der Waals surface area contributed by atoms with Crippen molar-refractivity contribution < 1.29 is 13.9 Å². The molecule has 0 saturated heterocycles. The van der Waals surface area contributed by atoms with Crippen LogP contribution < -0.4 is 14.8 Å². The summed E-state index contributed by atoms with van der Waals surface area (Å²) in [5, 5.41) is 3.91. The van der Waals surface area contributed by atoms with Crippen LogP contribution in [0, 0.1) is 5.82 Å². The van der Waals surface area contributed by atoms with Crippen molar-refractivity contribution in [2.24, 2.45) is 0 Å². The molecule has 23 heavy (non-hydrogen) atoms. The third kappa shape index (κ3) is 5.12. The van der Waals surface area contributed by atoms with Gasteiger partial charge in [-0.3, -0.25) is 0 Å². The normalized spacial score (nSPS) is 10.9. The molecule has 5 heteroatoms. The van der Waals surface area contributed by atoms with E-state index in [0.29, 0.717) is 29.6 Å². The van der Waals surface area contributed by atoms with Crippen molar-refractivity contribution in [1.82, 2.24) is 5.32 Å². The molecule has 0 saturated carbocycles. The maximum Gasteiger partial charge on any atom is 0.163 e. The van der Waals surface area contributed by atoms with Crippen molar-refractivity contribution in [3.8, 4) is 11.5 Å². The molecule has 2 aromatic rings.